The van der Waals surface area contributed by atoms with Gasteiger partial charge >= 0.3 is 0 Å². The molecule has 3 rings (SSSR count). The predicted molar refractivity (Wildman–Crippen MR) is 86.8 cm³/mol. The van der Waals surface area contributed by atoms with Crippen molar-refractivity contribution < 1.29 is 9.90 Å². The van der Waals surface area contributed by atoms with E-state index in [1.54, 1.807) is 12.1 Å². The van der Waals surface area contributed by atoms with Gasteiger partial charge in [0.05, 0.1) is 12.6 Å². The number of hydrogen-bond acceptors (Lipinski definition) is 2. The van der Waals surface area contributed by atoms with Crippen molar-refractivity contribution in [3.8, 4) is 0 Å². The normalized spacial score (nSPS) is 12.2. The number of carbonyl (C=O) groups is 1. The molecule has 1 atom stereocenters. The van der Waals surface area contributed by atoms with Crippen LogP contribution in [0.25, 0.3) is 10.9 Å². The SMILES string of the molecule is O=C(NC(CO)Cc1c[nH]c2ccccc12)c1ccccc1. The number of carbonyl (C=O) groups excluding carboxylic acids is 1. The van der Waals surface area contributed by atoms with Gasteiger partial charge in [0.25, 0.3) is 5.91 Å². The predicted octanol–water partition coefficient (Wildman–Crippen LogP) is 2.50. The number of aliphatic hydroxyl groups is 1. The van der Waals surface area contributed by atoms with Gasteiger partial charge in [-0.05, 0) is 30.2 Å². The summed E-state index contributed by atoms with van der Waals surface area (Å²) in [4.78, 5) is 15.4. The highest BCUT2D eigenvalue weighted by Gasteiger charge is 2.15. The molecule has 3 aromatic rings. The Morgan fingerprint density at radius 2 is 1.82 bits per heavy atom. The van der Waals surface area contributed by atoms with Gasteiger partial charge in [-0.3, -0.25) is 4.79 Å². The molecular weight excluding hydrogens is 276 g/mol. The third-order valence-electron chi connectivity index (χ3n) is 3.73. The van der Waals surface area contributed by atoms with Crippen LogP contribution >= 0.6 is 0 Å². The van der Waals surface area contributed by atoms with E-state index < -0.39 is 0 Å². The maximum atomic E-state index is 12.2. The van der Waals surface area contributed by atoms with E-state index in [2.05, 4.69) is 10.3 Å². The molecule has 4 nitrogen and oxygen atoms in total. The zero-order chi connectivity index (χ0) is 15.4. The van der Waals surface area contributed by atoms with Crippen molar-refractivity contribution in [2.24, 2.45) is 0 Å². The Kier molecular flexibility index (Phi) is 4.21. The monoisotopic (exact) mass is 294 g/mol. The summed E-state index contributed by atoms with van der Waals surface area (Å²) in [6, 6.07) is 16.7. The maximum Gasteiger partial charge on any atom is 0.251 e. The zero-order valence-electron chi connectivity index (χ0n) is 12.1. The van der Waals surface area contributed by atoms with Gasteiger partial charge in [0.2, 0.25) is 0 Å². The van der Waals surface area contributed by atoms with Crippen LogP contribution < -0.4 is 5.32 Å². The summed E-state index contributed by atoms with van der Waals surface area (Å²) in [6.45, 7) is -0.0991. The molecule has 0 aliphatic carbocycles. The first-order valence-corrected chi connectivity index (χ1v) is 7.29. The van der Waals surface area contributed by atoms with E-state index in [0.717, 1.165) is 16.5 Å². The number of para-hydroxylation sites is 1. The summed E-state index contributed by atoms with van der Waals surface area (Å²) in [5.74, 6) is -0.167. The Bertz CT molecular complexity index is 765. The average Bonchev–Trinajstić information content (AvgIpc) is 2.98. The molecule has 0 aliphatic heterocycles. The Hall–Kier alpha value is -2.59. The van der Waals surface area contributed by atoms with Crippen molar-refractivity contribution in [1.82, 2.24) is 10.3 Å². The number of nitrogens with one attached hydrogen (secondary N) is 2. The van der Waals surface area contributed by atoms with Gasteiger partial charge in [-0.1, -0.05) is 36.4 Å². The summed E-state index contributed by atoms with van der Waals surface area (Å²) in [6.07, 6.45) is 2.51. The number of benzene rings is 2. The molecule has 0 saturated heterocycles. The lowest BCUT2D eigenvalue weighted by Crippen LogP contribution is -2.39. The van der Waals surface area contributed by atoms with E-state index in [1.165, 1.54) is 0 Å². The van der Waals surface area contributed by atoms with Crippen molar-refractivity contribution in [2.75, 3.05) is 6.61 Å². The van der Waals surface area contributed by atoms with Gasteiger partial charge in [-0.15, -0.1) is 0 Å². The van der Waals surface area contributed by atoms with Gasteiger partial charge < -0.3 is 15.4 Å². The second-order valence-electron chi connectivity index (χ2n) is 5.28. The molecule has 1 heterocycles. The number of aliphatic hydroxyl groups excluding tert-OH is 1. The fourth-order valence-corrected chi connectivity index (χ4v) is 2.59. The van der Waals surface area contributed by atoms with E-state index in [4.69, 9.17) is 0 Å². The average molecular weight is 294 g/mol. The Morgan fingerprint density at radius 1 is 1.09 bits per heavy atom. The first-order chi connectivity index (χ1) is 10.8. The molecule has 1 amide bonds. The van der Waals surface area contributed by atoms with Crippen molar-refractivity contribution >= 4 is 16.8 Å². The van der Waals surface area contributed by atoms with Crippen LogP contribution in [0.1, 0.15) is 15.9 Å². The largest absolute Gasteiger partial charge is 0.394 e. The van der Waals surface area contributed by atoms with Crippen molar-refractivity contribution in [3.05, 3.63) is 71.9 Å². The molecule has 0 fully saturated rings. The first kappa shape index (κ1) is 14.4. The molecule has 2 aromatic carbocycles. The molecule has 112 valence electrons. The second kappa shape index (κ2) is 6.45. The van der Waals surface area contributed by atoms with Crippen LogP contribution in [0, 0.1) is 0 Å². The molecule has 4 heteroatoms. The quantitative estimate of drug-likeness (QED) is 0.677. The molecular formula is C18H18N2O2. The van der Waals surface area contributed by atoms with Crippen molar-refractivity contribution in [3.63, 3.8) is 0 Å². The second-order valence-corrected chi connectivity index (χ2v) is 5.28. The molecule has 22 heavy (non-hydrogen) atoms. The van der Waals surface area contributed by atoms with Crippen LogP contribution in [0.3, 0.4) is 0 Å². The lowest BCUT2D eigenvalue weighted by atomic mass is 10.0. The lowest BCUT2D eigenvalue weighted by molar-refractivity contribution is 0.0916. The van der Waals surface area contributed by atoms with Crippen LogP contribution in [0.4, 0.5) is 0 Å². The number of aromatic nitrogens is 1. The van der Waals surface area contributed by atoms with Gasteiger partial charge in [0.15, 0.2) is 0 Å². The molecule has 0 saturated carbocycles. The molecule has 0 radical (unpaired) electrons. The van der Waals surface area contributed by atoms with E-state index >= 15 is 0 Å². The van der Waals surface area contributed by atoms with E-state index in [9.17, 15) is 9.90 Å². The Labute approximate surface area is 128 Å². The standard InChI is InChI=1S/C18H18N2O2/c21-12-15(20-18(22)13-6-2-1-3-7-13)10-14-11-19-17-9-5-4-8-16(14)17/h1-9,11,15,19,21H,10,12H2,(H,20,22). The maximum absolute atomic E-state index is 12.2. The number of H-pyrrole nitrogens is 1. The highest BCUT2D eigenvalue weighted by atomic mass is 16.3. The minimum atomic E-state index is -0.313. The minimum absolute atomic E-state index is 0.0991. The third-order valence-corrected chi connectivity index (χ3v) is 3.73. The zero-order valence-corrected chi connectivity index (χ0v) is 12.1. The summed E-state index contributed by atoms with van der Waals surface area (Å²) < 4.78 is 0. The topological polar surface area (TPSA) is 65.1 Å². The summed E-state index contributed by atoms with van der Waals surface area (Å²) in [5, 5.41) is 13.6. The van der Waals surface area contributed by atoms with Gasteiger partial charge in [-0.25, -0.2) is 0 Å². The molecule has 3 N–H and O–H groups in total. The van der Waals surface area contributed by atoms with E-state index in [0.29, 0.717) is 12.0 Å². The van der Waals surface area contributed by atoms with Crippen LogP contribution in [-0.2, 0) is 6.42 Å². The number of aromatic amines is 1. The van der Waals surface area contributed by atoms with Crippen molar-refractivity contribution in [1.29, 1.82) is 0 Å². The number of amides is 1. The molecule has 1 aromatic heterocycles. The first-order valence-electron chi connectivity index (χ1n) is 7.29. The highest BCUT2D eigenvalue weighted by Crippen LogP contribution is 2.19. The van der Waals surface area contributed by atoms with E-state index in [-0.39, 0.29) is 18.6 Å². The highest BCUT2D eigenvalue weighted by molar-refractivity contribution is 5.94. The summed E-state index contributed by atoms with van der Waals surface area (Å²) >= 11 is 0. The fraction of sp³-hybridized carbons (Fsp3) is 0.167. The van der Waals surface area contributed by atoms with Gasteiger partial charge in [0, 0.05) is 22.7 Å². The number of rotatable bonds is 5. The summed E-state index contributed by atoms with van der Waals surface area (Å²) in [5.41, 5.74) is 2.74. The smallest absolute Gasteiger partial charge is 0.251 e. The molecule has 0 aliphatic rings. The van der Waals surface area contributed by atoms with Crippen LogP contribution in [-0.4, -0.2) is 28.6 Å². The Balaban J connectivity index is 1.73. The molecule has 1 unspecified atom stereocenters. The lowest BCUT2D eigenvalue weighted by Gasteiger charge is -2.16. The van der Waals surface area contributed by atoms with Crippen LogP contribution in [0.5, 0.6) is 0 Å². The summed E-state index contributed by atoms with van der Waals surface area (Å²) in [7, 11) is 0. The van der Waals surface area contributed by atoms with Gasteiger partial charge in [-0.2, -0.15) is 0 Å². The van der Waals surface area contributed by atoms with Crippen molar-refractivity contribution in [2.45, 2.75) is 12.5 Å². The van der Waals surface area contributed by atoms with Crippen LogP contribution in [0.2, 0.25) is 0 Å². The Morgan fingerprint density at radius 3 is 2.59 bits per heavy atom. The van der Waals surface area contributed by atoms with E-state index in [1.807, 2.05) is 48.7 Å². The number of fused-ring (bicyclic) bond motifs is 1. The van der Waals surface area contributed by atoms with Gasteiger partial charge in [0.1, 0.15) is 0 Å². The third kappa shape index (κ3) is 3.02. The molecule has 0 bridgehead atoms. The molecule has 0 spiro atoms. The minimum Gasteiger partial charge on any atom is -0.394 e. The fourth-order valence-electron chi connectivity index (χ4n) is 2.59. The number of hydrogen-bond donors (Lipinski definition) is 3. The van der Waals surface area contributed by atoms with Crippen LogP contribution in [0.15, 0.2) is 60.8 Å².